The van der Waals surface area contributed by atoms with E-state index in [2.05, 4.69) is 5.32 Å². The predicted octanol–water partition coefficient (Wildman–Crippen LogP) is 0.720. The van der Waals surface area contributed by atoms with Crippen molar-refractivity contribution < 1.29 is 26.4 Å². The van der Waals surface area contributed by atoms with Crippen molar-refractivity contribution in [1.82, 2.24) is 8.61 Å². The van der Waals surface area contributed by atoms with Gasteiger partial charge in [-0.05, 0) is 30.3 Å². The Morgan fingerprint density at radius 2 is 1.79 bits per heavy atom. The fraction of sp³-hybridized carbons (Fsp3) is 0.176. The van der Waals surface area contributed by atoms with Crippen LogP contribution in [0.25, 0.3) is 0 Å². The molecule has 0 unspecified atom stereocenters. The zero-order valence-corrected chi connectivity index (χ0v) is 16.6. The Bertz CT molecular complexity index is 1170. The number of amides is 2. The van der Waals surface area contributed by atoms with Crippen LogP contribution in [0.15, 0.2) is 58.3 Å². The summed E-state index contributed by atoms with van der Waals surface area (Å²) in [5, 5.41) is 2.43. The van der Waals surface area contributed by atoms with E-state index >= 15 is 0 Å². The molecule has 2 aromatic rings. The summed E-state index contributed by atoms with van der Waals surface area (Å²) in [5.74, 6) is -1.56. The SMILES string of the molecule is CN(C)S(=O)(=O)c1cccc(NC(=O)CN2C(=O)c3ccccc3S2(=O)=O)c1. The lowest BCUT2D eigenvalue weighted by molar-refractivity contribution is -0.116. The highest BCUT2D eigenvalue weighted by molar-refractivity contribution is 7.90. The van der Waals surface area contributed by atoms with Gasteiger partial charge >= 0.3 is 0 Å². The predicted molar refractivity (Wildman–Crippen MR) is 101 cm³/mol. The van der Waals surface area contributed by atoms with Crippen LogP contribution in [0.2, 0.25) is 0 Å². The van der Waals surface area contributed by atoms with E-state index < -0.39 is 38.4 Å². The lowest BCUT2D eigenvalue weighted by Gasteiger charge is -2.15. The summed E-state index contributed by atoms with van der Waals surface area (Å²) in [7, 11) is -5.05. The first-order chi connectivity index (χ1) is 13.0. The van der Waals surface area contributed by atoms with Crippen LogP contribution in [-0.2, 0) is 24.8 Å². The third kappa shape index (κ3) is 3.39. The number of hydrogen-bond acceptors (Lipinski definition) is 6. The fourth-order valence-corrected chi connectivity index (χ4v) is 5.14. The van der Waals surface area contributed by atoms with E-state index in [0.717, 1.165) is 4.31 Å². The van der Waals surface area contributed by atoms with Gasteiger partial charge < -0.3 is 5.32 Å². The van der Waals surface area contributed by atoms with Gasteiger partial charge in [-0.2, -0.15) is 0 Å². The van der Waals surface area contributed by atoms with Crippen molar-refractivity contribution >= 4 is 37.5 Å². The Kier molecular flexibility index (Phi) is 5.00. The van der Waals surface area contributed by atoms with Gasteiger partial charge in [0.15, 0.2) is 0 Å². The van der Waals surface area contributed by atoms with Gasteiger partial charge in [0.2, 0.25) is 15.9 Å². The summed E-state index contributed by atoms with van der Waals surface area (Å²) < 4.78 is 50.9. The van der Waals surface area contributed by atoms with Crippen molar-refractivity contribution in [3.63, 3.8) is 0 Å². The van der Waals surface area contributed by atoms with Gasteiger partial charge in [-0.25, -0.2) is 25.4 Å². The molecule has 28 heavy (non-hydrogen) atoms. The molecule has 0 fully saturated rings. The van der Waals surface area contributed by atoms with Gasteiger partial charge in [-0.1, -0.05) is 18.2 Å². The van der Waals surface area contributed by atoms with Crippen molar-refractivity contribution in [1.29, 1.82) is 0 Å². The molecule has 3 rings (SSSR count). The summed E-state index contributed by atoms with van der Waals surface area (Å²) in [4.78, 5) is 24.5. The average Bonchev–Trinajstić information content (AvgIpc) is 2.83. The minimum Gasteiger partial charge on any atom is -0.324 e. The van der Waals surface area contributed by atoms with Gasteiger partial charge in [-0.3, -0.25) is 9.59 Å². The molecule has 0 saturated heterocycles. The summed E-state index contributed by atoms with van der Waals surface area (Å²) in [6.07, 6.45) is 0. The molecular weight excluding hydrogens is 406 g/mol. The molecule has 2 aromatic carbocycles. The van der Waals surface area contributed by atoms with Crippen molar-refractivity contribution in [3.05, 3.63) is 54.1 Å². The van der Waals surface area contributed by atoms with Crippen molar-refractivity contribution in [2.45, 2.75) is 9.79 Å². The van der Waals surface area contributed by atoms with Crippen molar-refractivity contribution in [2.75, 3.05) is 26.0 Å². The third-order valence-corrected chi connectivity index (χ3v) is 7.69. The third-order valence-electron chi connectivity index (χ3n) is 4.10. The maximum atomic E-state index is 12.5. The molecule has 2 amide bonds. The van der Waals surface area contributed by atoms with Gasteiger partial charge in [0.25, 0.3) is 15.9 Å². The topological polar surface area (TPSA) is 121 Å². The largest absolute Gasteiger partial charge is 0.324 e. The number of fused-ring (bicyclic) bond motifs is 1. The van der Waals surface area contributed by atoms with Gasteiger partial charge in [0, 0.05) is 19.8 Å². The number of benzene rings is 2. The summed E-state index contributed by atoms with van der Waals surface area (Å²) in [6.45, 7) is -0.722. The molecule has 1 N–H and O–H groups in total. The van der Waals surface area contributed by atoms with E-state index in [1.54, 1.807) is 0 Å². The molecular formula is C17H17N3O6S2. The molecule has 0 saturated carbocycles. The monoisotopic (exact) mass is 423 g/mol. The van der Waals surface area contributed by atoms with Crippen molar-refractivity contribution in [3.8, 4) is 0 Å². The molecule has 0 aliphatic carbocycles. The molecule has 148 valence electrons. The summed E-state index contributed by atoms with van der Waals surface area (Å²) in [5.41, 5.74) is 0.170. The number of anilines is 1. The first kappa shape index (κ1) is 20.0. The maximum absolute atomic E-state index is 12.5. The summed E-state index contributed by atoms with van der Waals surface area (Å²) >= 11 is 0. The van der Waals surface area contributed by atoms with Gasteiger partial charge in [0.05, 0.1) is 10.5 Å². The van der Waals surface area contributed by atoms with Crippen LogP contribution in [-0.4, -0.2) is 57.9 Å². The highest BCUT2D eigenvalue weighted by Gasteiger charge is 2.41. The second kappa shape index (κ2) is 7.00. The Balaban J connectivity index is 1.80. The smallest absolute Gasteiger partial charge is 0.269 e. The van der Waals surface area contributed by atoms with Crippen molar-refractivity contribution in [2.24, 2.45) is 0 Å². The number of hydrogen-bond donors (Lipinski definition) is 1. The number of nitrogens with one attached hydrogen (secondary N) is 1. The lowest BCUT2D eigenvalue weighted by atomic mass is 10.2. The molecule has 0 atom stereocenters. The second-order valence-corrected chi connectivity index (χ2v) is 10.2. The molecule has 0 bridgehead atoms. The Morgan fingerprint density at radius 1 is 1.11 bits per heavy atom. The molecule has 11 heteroatoms. The average molecular weight is 423 g/mol. The Morgan fingerprint density at radius 3 is 2.43 bits per heavy atom. The van der Waals surface area contributed by atoms with E-state index in [-0.39, 0.29) is 21.0 Å². The normalized spacial score (nSPS) is 15.5. The minimum absolute atomic E-state index is 0.00868. The molecule has 1 aliphatic rings. The molecule has 0 radical (unpaired) electrons. The number of carbonyl (C=O) groups excluding carboxylic acids is 2. The highest BCUT2D eigenvalue weighted by atomic mass is 32.2. The maximum Gasteiger partial charge on any atom is 0.269 e. The van der Waals surface area contributed by atoms with Crippen LogP contribution in [0.1, 0.15) is 10.4 Å². The number of carbonyl (C=O) groups is 2. The van der Waals surface area contributed by atoms with E-state index in [1.807, 2.05) is 0 Å². The molecule has 0 aromatic heterocycles. The van der Waals surface area contributed by atoms with E-state index in [1.165, 1.54) is 62.6 Å². The molecule has 1 heterocycles. The fourth-order valence-electron chi connectivity index (χ4n) is 2.66. The summed E-state index contributed by atoms with van der Waals surface area (Å²) in [6, 6.07) is 11.2. The van der Waals surface area contributed by atoms with Crippen LogP contribution in [0, 0.1) is 0 Å². The minimum atomic E-state index is -4.11. The Labute approximate surface area is 162 Å². The number of rotatable bonds is 5. The zero-order chi connectivity index (χ0) is 20.7. The van der Waals surface area contributed by atoms with E-state index in [0.29, 0.717) is 4.31 Å². The second-order valence-electron chi connectivity index (χ2n) is 6.18. The Hall–Kier alpha value is -2.76. The highest BCUT2D eigenvalue weighted by Crippen LogP contribution is 2.29. The quantitative estimate of drug-likeness (QED) is 0.756. The van der Waals surface area contributed by atoms with Crippen LogP contribution in [0.3, 0.4) is 0 Å². The zero-order valence-electron chi connectivity index (χ0n) is 15.0. The van der Waals surface area contributed by atoms with Crippen LogP contribution in [0.5, 0.6) is 0 Å². The first-order valence-corrected chi connectivity index (χ1v) is 10.9. The van der Waals surface area contributed by atoms with Gasteiger partial charge in [-0.15, -0.1) is 0 Å². The van der Waals surface area contributed by atoms with Gasteiger partial charge in [0.1, 0.15) is 11.4 Å². The molecule has 1 aliphatic heterocycles. The van der Waals surface area contributed by atoms with E-state index in [9.17, 15) is 26.4 Å². The van der Waals surface area contributed by atoms with E-state index in [4.69, 9.17) is 0 Å². The van der Waals surface area contributed by atoms with Crippen LogP contribution >= 0.6 is 0 Å². The molecule has 0 spiro atoms. The van der Waals surface area contributed by atoms with Crippen LogP contribution in [0.4, 0.5) is 5.69 Å². The first-order valence-electron chi connectivity index (χ1n) is 8.03. The lowest BCUT2D eigenvalue weighted by Crippen LogP contribution is -2.37. The molecule has 9 nitrogen and oxygen atoms in total. The standard InChI is InChI=1S/C17H17N3O6S2/c1-19(2)27(23,24)13-7-5-6-12(10-13)18-16(21)11-20-17(22)14-8-3-4-9-15(14)28(20,25)26/h3-10H,11H2,1-2H3,(H,18,21). The number of sulfonamides is 2. The number of nitrogens with zero attached hydrogens (tertiary/aromatic N) is 2. The van der Waals surface area contributed by atoms with Crippen LogP contribution < -0.4 is 5.32 Å².